The maximum Gasteiger partial charge on any atom is 0.251 e. The molecule has 0 fully saturated rings. The second-order valence-electron chi connectivity index (χ2n) is 4.58. The molecule has 0 saturated carbocycles. The lowest BCUT2D eigenvalue weighted by Gasteiger charge is -2.06. The summed E-state index contributed by atoms with van der Waals surface area (Å²) >= 11 is 0. The Labute approximate surface area is 123 Å². The highest BCUT2D eigenvalue weighted by molar-refractivity contribution is 5.95. The molecule has 4 N–H and O–H groups in total. The van der Waals surface area contributed by atoms with Crippen LogP contribution in [0.25, 0.3) is 0 Å². The Morgan fingerprint density at radius 3 is 2.00 bits per heavy atom. The van der Waals surface area contributed by atoms with E-state index in [0.717, 1.165) is 5.56 Å². The zero-order chi connectivity index (χ0) is 15.2. The van der Waals surface area contributed by atoms with E-state index in [1.165, 1.54) is 0 Å². The third-order valence-electron chi connectivity index (χ3n) is 3.07. The predicted octanol–water partition coefficient (Wildman–Crippen LogP) is 1.56. The average molecular weight is 283 g/mol. The first-order valence-corrected chi connectivity index (χ1v) is 6.55. The Bertz CT molecular complexity index is 634. The van der Waals surface area contributed by atoms with E-state index in [0.29, 0.717) is 23.4 Å². The lowest BCUT2D eigenvalue weighted by atomic mass is 10.1. The molecule has 0 unspecified atom stereocenters. The molecule has 21 heavy (non-hydrogen) atoms. The van der Waals surface area contributed by atoms with Crippen LogP contribution >= 0.6 is 0 Å². The van der Waals surface area contributed by atoms with E-state index in [1.807, 2.05) is 12.1 Å². The molecule has 2 aromatic carbocycles. The highest BCUT2D eigenvalue weighted by Gasteiger charge is 2.06. The zero-order valence-electron chi connectivity index (χ0n) is 11.7. The second-order valence-corrected chi connectivity index (χ2v) is 4.58. The van der Waals surface area contributed by atoms with Crippen molar-refractivity contribution in [3.63, 3.8) is 0 Å². The van der Waals surface area contributed by atoms with Crippen molar-refractivity contribution in [2.24, 2.45) is 0 Å². The number of carbonyl (C=O) groups excluding carboxylic acids is 2. The number of rotatable bonds is 4. The van der Waals surface area contributed by atoms with Gasteiger partial charge in [-0.2, -0.15) is 0 Å². The van der Waals surface area contributed by atoms with Crippen LogP contribution < -0.4 is 16.4 Å². The minimum Gasteiger partial charge on any atom is -0.399 e. The SMILES string of the molecule is CNC(=O)c1ccc(CNC(=O)c2ccc(N)cc2)cc1. The maximum absolute atomic E-state index is 11.9. The Balaban J connectivity index is 1.95. The number of hydrogen-bond acceptors (Lipinski definition) is 3. The van der Waals surface area contributed by atoms with Gasteiger partial charge in [0, 0.05) is 30.4 Å². The van der Waals surface area contributed by atoms with Crippen molar-refractivity contribution in [3.05, 3.63) is 65.2 Å². The van der Waals surface area contributed by atoms with Crippen molar-refractivity contribution in [1.29, 1.82) is 0 Å². The van der Waals surface area contributed by atoms with Gasteiger partial charge in [0.1, 0.15) is 0 Å². The standard InChI is InChI=1S/C16H17N3O2/c1-18-15(20)12-4-2-11(3-5-12)10-19-16(21)13-6-8-14(17)9-7-13/h2-9H,10,17H2,1H3,(H,18,20)(H,19,21). The van der Waals surface area contributed by atoms with E-state index in [9.17, 15) is 9.59 Å². The number of hydrogen-bond donors (Lipinski definition) is 3. The molecule has 0 aliphatic rings. The van der Waals surface area contributed by atoms with Crippen LogP contribution in [0, 0.1) is 0 Å². The summed E-state index contributed by atoms with van der Waals surface area (Å²) in [5.74, 6) is -0.294. The quantitative estimate of drug-likeness (QED) is 0.744. The third kappa shape index (κ3) is 3.82. The predicted molar refractivity (Wildman–Crippen MR) is 81.9 cm³/mol. The van der Waals surface area contributed by atoms with Gasteiger partial charge in [0.25, 0.3) is 11.8 Å². The lowest BCUT2D eigenvalue weighted by Crippen LogP contribution is -2.23. The van der Waals surface area contributed by atoms with Gasteiger partial charge in [-0.3, -0.25) is 9.59 Å². The van der Waals surface area contributed by atoms with Crippen molar-refractivity contribution >= 4 is 17.5 Å². The van der Waals surface area contributed by atoms with Gasteiger partial charge in [0.15, 0.2) is 0 Å². The monoisotopic (exact) mass is 283 g/mol. The van der Waals surface area contributed by atoms with Crippen molar-refractivity contribution in [2.75, 3.05) is 12.8 Å². The van der Waals surface area contributed by atoms with Crippen LogP contribution in [0.2, 0.25) is 0 Å². The molecule has 2 rings (SSSR count). The van der Waals surface area contributed by atoms with Crippen LogP contribution in [0.4, 0.5) is 5.69 Å². The summed E-state index contributed by atoms with van der Waals surface area (Å²) in [6.45, 7) is 0.400. The van der Waals surface area contributed by atoms with Crippen molar-refractivity contribution in [1.82, 2.24) is 10.6 Å². The van der Waals surface area contributed by atoms with Gasteiger partial charge in [-0.15, -0.1) is 0 Å². The normalized spacial score (nSPS) is 9.95. The summed E-state index contributed by atoms with van der Waals surface area (Å²) in [4.78, 5) is 23.3. The molecule has 0 aliphatic heterocycles. The number of nitrogens with one attached hydrogen (secondary N) is 2. The van der Waals surface area contributed by atoms with Crippen LogP contribution in [-0.4, -0.2) is 18.9 Å². The molecule has 2 amide bonds. The first-order valence-electron chi connectivity index (χ1n) is 6.55. The fourth-order valence-corrected chi connectivity index (χ4v) is 1.84. The molecule has 0 bridgehead atoms. The second kappa shape index (κ2) is 6.56. The van der Waals surface area contributed by atoms with E-state index >= 15 is 0 Å². The summed E-state index contributed by atoms with van der Waals surface area (Å²) in [5.41, 5.74) is 8.27. The van der Waals surface area contributed by atoms with Crippen LogP contribution in [0.15, 0.2) is 48.5 Å². The van der Waals surface area contributed by atoms with E-state index in [-0.39, 0.29) is 11.8 Å². The first kappa shape index (κ1) is 14.6. The molecule has 5 nitrogen and oxygen atoms in total. The Hall–Kier alpha value is -2.82. The smallest absolute Gasteiger partial charge is 0.251 e. The van der Waals surface area contributed by atoms with Gasteiger partial charge in [-0.25, -0.2) is 0 Å². The van der Waals surface area contributed by atoms with E-state index < -0.39 is 0 Å². The fourth-order valence-electron chi connectivity index (χ4n) is 1.84. The van der Waals surface area contributed by atoms with Crippen LogP contribution in [0.3, 0.4) is 0 Å². The summed E-state index contributed by atoms with van der Waals surface area (Å²) in [7, 11) is 1.59. The average Bonchev–Trinajstić information content (AvgIpc) is 2.53. The molecule has 0 aromatic heterocycles. The summed E-state index contributed by atoms with van der Waals surface area (Å²) in [6, 6.07) is 13.8. The summed E-state index contributed by atoms with van der Waals surface area (Å²) in [5, 5.41) is 5.38. The van der Waals surface area contributed by atoms with Gasteiger partial charge >= 0.3 is 0 Å². The first-order chi connectivity index (χ1) is 10.1. The van der Waals surface area contributed by atoms with E-state index in [4.69, 9.17) is 5.73 Å². The number of amides is 2. The number of benzene rings is 2. The molecular formula is C16H17N3O2. The largest absolute Gasteiger partial charge is 0.399 e. The number of nitrogens with two attached hydrogens (primary N) is 1. The third-order valence-corrected chi connectivity index (χ3v) is 3.07. The van der Waals surface area contributed by atoms with Crippen molar-refractivity contribution in [3.8, 4) is 0 Å². The van der Waals surface area contributed by atoms with Gasteiger partial charge in [0.05, 0.1) is 0 Å². The molecule has 0 radical (unpaired) electrons. The van der Waals surface area contributed by atoms with Crippen LogP contribution in [-0.2, 0) is 6.54 Å². The molecule has 0 aliphatic carbocycles. The van der Waals surface area contributed by atoms with E-state index in [1.54, 1.807) is 43.4 Å². The highest BCUT2D eigenvalue weighted by atomic mass is 16.2. The Kier molecular flexibility index (Phi) is 4.56. The minimum absolute atomic E-state index is 0.132. The van der Waals surface area contributed by atoms with Crippen LogP contribution in [0.1, 0.15) is 26.3 Å². The number of nitrogen functional groups attached to an aromatic ring is 1. The Morgan fingerprint density at radius 2 is 1.43 bits per heavy atom. The molecule has 108 valence electrons. The molecule has 0 saturated heterocycles. The van der Waals surface area contributed by atoms with E-state index in [2.05, 4.69) is 10.6 Å². The Morgan fingerprint density at radius 1 is 0.905 bits per heavy atom. The van der Waals surface area contributed by atoms with Gasteiger partial charge in [0.2, 0.25) is 0 Å². The summed E-state index contributed by atoms with van der Waals surface area (Å²) in [6.07, 6.45) is 0. The van der Waals surface area contributed by atoms with Gasteiger partial charge < -0.3 is 16.4 Å². The lowest BCUT2D eigenvalue weighted by molar-refractivity contribution is 0.0946. The minimum atomic E-state index is -0.162. The molecule has 5 heteroatoms. The fraction of sp³-hybridized carbons (Fsp3) is 0.125. The molecule has 0 spiro atoms. The number of anilines is 1. The van der Waals surface area contributed by atoms with Crippen molar-refractivity contribution in [2.45, 2.75) is 6.54 Å². The molecule has 0 atom stereocenters. The van der Waals surface area contributed by atoms with Gasteiger partial charge in [-0.1, -0.05) is 12.1 Å². The zero-order valence-corrected chi connectivity index (χ0v) is 11.7. The van der Waals surface area contributed by atoms with Crippen LogP contribution in [0.5, 0.6) is 0 Å². The summed E-state index contributed by atoms with van der Waals surface area (Å²) < 4.78 is 0. The highest BCUT2D eigenvalue weighted by Crippen LogP contribution is 2.07. The topological polar surface area (TPSA) is 84.2 Å². The molecular weight excluding hydrogens is 266 g/mol. The molecule has 2 aromatic rings. The number of carbonyl (C=O) groups is 2. The van der Waals surface area contributed by atoms with Gasteiger partial charge in [-0.05, 0) is 42.0 Å². The maximum atomic E-state index is 11.9. The van der Waals surface area contributed by atoms with Crippen molar-refractivity contribution < 1.29 is 9.59 Å². The molecule has 0 heterocycles.